The number of nitriles is 1. The van der Waals surface area contributed by atoms with Gasteiger partial charge in [-0.3, -0.25) is 4.79 Å². The van der Waals surface area contributed by atoms with Crippen LogP contribution in [0.5, 0.6) is 11.5 Å². The molecule has 42 heavy (non-hydrogen) atoms. The van der Waals surface area contributed by atoms with Crippen LogP contribution in [0.4, 0.5) is 17.1 Å². The van der Waals surface area contributed by atoms with E-state index in [1.54, 1.807) is 12.1 Å². The van der Waals surface area contributed by atoms with E-state index in [4.69, 9.17) is 32.7 Å². The number of anilines is 3. The number of nitrogens with zero attached hydrogens (tertiary/aromatic N) is 2. The van der Waals surface area contributed by atoms with Crippen LogP contribution in [0.15, 0.2) is 24.3 Å². The van der Waals surface area contributed by atoms with E-state index < -0.39 is 12.0 Å². The maximum atomic E-state index is 12.8. The number of piperidine rings is 1. The number of carbonyl (C=O) groups is 1. The topological polar surface area (TPSA) is 111 Å². The minimum atomic E-state index is -0.397. The summed E-state index contributed by atoms with van der Waals surface area (Å²) in [6.45, 7) is 7.30. The monoisotopic (exact) mass is 616 g/mol. The predicted octanol–water partition coefficient (Wildman–Crippen LogP) is 6.16. The molecule has 4 atom stereocenters. The van der Waals surface area contributed by atoms with Crippen molar-refractivity contribution < 1.29 is 14.3 Å². The minimum Gasteiger partial charge on any atom is -0.492 e. The lowest BCUT2D eigenvalue weighted by molar-refractivity contribution is -0.116. The molecule has 0 aromatic heterocycles. The Morgan fingerprint density at radius 3 is 2.62 bits per heavy atom. The highest BCUT2D eigenvalue weighted by Gasteiger charge is 2.32. The van der Waals surface area contributed by atoms with Crippen molar-refractivity contribution in [3.63, 3.8) is 0 Å². The third kappa shape index (κ3) is 8.13. The number of halogens is 2. The molecule has 0 radical (unpaired) electrons. The van der Waals surface area contributed by atoms with Crippen LogP contribution in [0.2, 0.25) is 10.0 Å². The fourth-order valence-corrected chi connectivity index (χ4v) is 6.07. The normalized spacial score (nSPS) is 21.6. The van der Waals surface area contributed by atoms with Gasteiger partial charge in [-0.05, 0) is 77.5 Å². The average molecular weight is 618 g/mol. The summed E-state index contributed by atoms with van der Waals surface area (Å²) in [5, 5.41) is 24.2. The Morgan fingerprint density at radius 2 is 1.95 bits per heavy atom. The van der Waals surface area contributed by atoms with Gasteiger partial charge in [0.2, 0.25) is 5.91 Å². The fourth-order valence-electron chi connectivity index (χ4n) is 5.47. The van der Waals surface area contributed by atoms with Crippen LogP contribution in [0, 0.1) is 23.2 Å². The molecular weight excluding hydrogens is 575 g/mol. The summed E-state index contributed by atoms with van der Waals surface area (Å²) in [4.78, 5) is 14.8. The summed E-state index contributed by atoms with van der Waals surface area (Å²) in [6, 6.07) is 9.59. The maximum Gasteiger partial charge on any atom is 0.224 e. The van der Waals surface area contributed by atoms with Crippen LogP contribution in [0.1, 0.15) is 51.1 Å². The highest BCUT2D eigenvalue weighted by molar-refractivity contribution is 6.37. The fraction of sp³-hybridized carbons (Fsp3) is 0.548. The second-order valence-electron chi connectivity index (χ2n) is 11.3. The number of nitrogens with one attached hydrogen (secondary N) is 4. The Balaban J connectivity index is 1.56. The van der Waals surface area contributed by atoms with Gasteiger partial charge in [0.1, 0.15) is 12.4 Å². The van der Waals surface area contributed by atoms with E-state index in [-0.39, 0.29) is 11.9 Å². The van der Waals surface area contributed by atoms with Crippen LogP contribution in [-0.4, -0.2) is 63.8 Å². The number of carbonyl (C=O) groups excluding carboxylic acids is 1. The zero-order chi connectivity index (χ0) is 30.2. The first-order chi connectivity index (χ1) is 20.2. The third-order valence-corrected chi connectivity index (χ3v) is 8.37. The highest BCUT2D eigenvalue weighted by atomic mass is 35.5. The molecule has 4 unspecified atom stereocenters. The molecule has 1 fully saturated rings. The van der Waals surface area contributed by atoms with E-state index in [0.717, 1.165) is 37.2 Å². The Morgan fingerprint density at radius 1 is 1.19 bits per heavy atom. The highest BCUT2D eigenvalue weighted by Crippen LogP contribution is 2.43. The second kappa shape index (κ2) is 15.0. The van der Waals surface area contributed by atoms with Gasteiger partial charge in [0, 0.05) is 42.0 Å². The van der Waals surface area contributed by atoms with Crippen molar-refractivity contribution in [3.8, 4) is 17.6 Å². The number of amides is 1. The second-order valence-corrected chi connectivity index (χ2v) is 12.1. The average Bonchev–Trinajstić information content (AvgIpc) is 2.94. The van der Waals surface area contributed by atoms with Gasteiger partial charge in [-0.15, -0.1) is 0 Å². The van der Waals surface area contributed by atoms with Crippen LogP contribution in [0.3, 0.4) is 0 Å². The molecule has 228 valence electrons. The smallest absolute Gasteiger partial charge is 0.224 e. The number of rotatable bonds is 12. The number of fused-ring (bicyclic) bond motifs is 1. The maximum absolute atomic E-state index is 12.8. The van der Waals surface area contributed by atoms with Gasteiger partial charge in [-0.25, -0.2) is 0 Å². The molecule has 4 rings (SSSR count). The molecule has 2 aromatic carbocycles. The first-order valence-corrected chi connectivity index (χ1v) is 15.5. The van der Waals surface area contributed by atoms with Crippen LogP contribution >= 0.6 is 23.2 Å². The number of hydrogen-bond donors (Lipinski definition) is 4. The van der Waals surface area contributed by atoms with E-state index in [0.29, 0.717) is 65.0 Å². The van der Waals surface area contributed by atoms with Gasteiger partial charge in [0.15, 0.2) is 5.75 Å². The van der Waals surface area contributed by atoms with Gasteiger partial charge in [-0.2, -0.15) is 5.26 Å². The summed E-state index contributed by atoms with van der Waals surface area (Å²) in [6.07, 6.45) is 3.47. The molecule has 4 N–H and O–H groups in total. The van der Waals surface area contributed by atoms with Crippen molar-refractivity contribution in [2.75, 3.05) is 62.9 Å². The summed E-state index contributed by atoms with van der Waals surface area (Å²) in [5.41, 5.74) is 2.91. The molecule has 1 saturated heterocycles. The summed E-state index contributed by atoms with van der Waals surface area (Å²) in [7, 11) is 3.97. The molecule has 1 amide bonds. The first kappa shape index (κ1) is 32.0. The summed E-state index contributed by atoms with van der Waals surface area (Å²) >= 11 is 13.3. The summed E-state index contributed by atoms with van der Waals surface area (Å²) < 4.78 is 11.9. The van der Waals surface area contributed by atoms with Crippen molar-refractivity contribution in [1.29, 1.82) is 5.26 Å². The Kier molecular flexibility index (Phi) is 11.4. The lowest BCUT2D eigenvalue weighted by Gasteiger charge is -2.33. The number of hydrogen-bond acceptors (Lipinski definition) is 8. The molecule has 9 nitrogen and oxygen atoms in total. The minimum absolute atomic E-state index is 0.0881. The molecule has 0 saturated carbocycles. The third-order valence-electron chi connectivity index (χ3n) is 7.81. The van der Waals surface area contributed by atoms with Gasteiger partial charge in [0.25, 0.3) is 0 Å². The van der Waals surface area contributed by atoms with Crippen LogP contribution in [-0.2, 0) is 4.79 Å². The molecule has 0 bridgehead atoms. The Labute approximate surface area is 259 Å². The van der Waals surface area contributed by atoms with E-state index >= 15 is 0 Å². The van der Waals surface area contributed by atoms with Crippen molar-refractivity contribution in [1.82, 2.24) is 10.2 Å². The van der Waals surface area contributed by atoms with Gasteiger partial charge < -0.3 is 35.6 Å². The predicted molar refractivity (Wildman–Crippen MR) is 170 cm³/mol. The molecule has 2 aromatic rings. The van der Waals surface area contributed by atoms with E-state index in [1.807, 2.05) is 38.1 Å². The van der Waals surface area contributed by atoms with Gasteiger partial charge in [-0.1, -0.05) is 30.1 Å². The molecule has 0 spiro atoms. The Hall–Kier alpha value is -2.90. The summed E-state index contributed by atoms with van der Waals surface area (Å²) in [5.74, 6) is 1.05. The molecule has 11 heteroatoms. The van der Waals surface area contributed by atoms with Gasteiger partial charge >= 0.3 is 0 Å². The molecular formula is C31H42Cl2N6O3. The molecule has 2 heterocycles. The van der Waals surface area contributed by atoms with Crippen molar-refractivity contribution in [2.24, 2.45) is 11.8 Å². The van der Waals surface area contributed by atoms with Gasteiger partial charge in [0.05, 0.1) is 40.4 Å². The van der Waals surface area contributed by atoms with E-state index in [1.165, 1.54) is 6.42 Å². The van der Waals surface area contributed by atoms with Crippen molar-refractivity contribution >= 4 is 46.2 Å². The number of ether oxygens (including phenoxy) is 2. The lowest BCUT2D eigenvalue weighted by atomic mass is 9.88. The van der Waals surface area contributed by atoms with Crippen molar-refractivity contribution in [3.05, 3.63) is 39.9 Å². The Bertz CT molecular complexity index is 1260. The van der Waals surface area contributed by atoms with E-state index in [2.05, 4.69) is 34.3 Å². The molecule has 0 aliphatic carbocycles. The van der Waals surface area contributed by atoms with Crippen molar-refractivity contribution in [2.45, 2.75) is 51.6 Å². The standard InChI is InChI=1S/C31H42Cl2N6O3/c1-5-41-28-15-25-22(14-26(28)38-29(40)9-7-11-39(3)4)30(20(16-34)17-36-25)37-21-12-23(32)31(24(33)13-21)42-18-27-19(2)8-6-10-35-27/h12-15,19-20,27,30,35-37H,5-11,17-18H2,1-4H3,(H,38,40). The quantitative estimate of drug-likeness (QED) is 0.224. The lowest BCUT2D eigenvalue weighted by Crippen LogP contribution is -2.44. The first-order valence-electron chi connectivity index (χ1n) is 14.7. The van der Waals surface area contributed by atoms with Crippen LogP contribution < -0.4 is 30.7 Å². The number of benzene rings is 2. The molecule has 2 aliphatic heterocycles. The zero-order valence-corrected chi connectivity index (χ0v) is 26.4. The van der Waals surface area contributed by atoms with Crippen LogP contribution in [0.25, 0.3) is 0 Å². The zero-order valence-electron chi connectivity index (χ0n) is 24.9. The SMILES string of the molecule is CCOc1cc2c(cc1NC(=O)CCCN(C)C)C(Nc1cc(Cl)c(OCC3NCCCC3C)c(Cl)c1)C(C#N)CN2. The molecule has 2 aliphatic rings. The largest absolute Gasteiger partial charge is 0.492 e. The van der Waals surface area contributed by atoms with E-state index in [9.17, 15) is 10.1 Å².